The van der Waals surface area contributed by atoms with Crippen molar-refractivity contribution in [3.63, 3.8) is 0 Å². The monoisotopic (exact) mass is 299 g/mol. The quantitative estimate of drug-likeness (QED) is 0.478. The number of aryl methyl sites for hydroxylation is 3. The van der Waals surface area contributed by atoms with E-state index in [1.165, 1.54) is 18.2 Å². The highest BCUT2D eigenvalue weighted by Gasteiger charge is 2.14. The number of Topliss-reactive ketones (excluding diaryl/α,β-unsaturated/α-hetero) is 1. The maximum atomic E-state index is 12.3. The summed E-state index contributed by atoms with van der Waals surface area (Å²) >= 11 is 0. The molecule has 0 atom stereocenters. The van der Waals surface area contributed by atoms with E-state index < -0.39 is 4.92 Å². The van der Waals surface area contributed by atoms with E-state index in [1.54, 1.807) is 6.07 Å². The molecule has 5 nitrogen and oxygen atoms in total. The Bertz CT molecular complexity index is 714. The molecule has 0 bridgehead atoms. The number of benzene rings is 2. The van der Waals surface area contributed by atoms with Gasteiger partial charge in [0.25, 0.3) is 5.69 Å². The van der Waals surface area contributed by atoms with Crippen molar-refractivity contribution in [3.05, 3.63) is 68.8 Å². The van der Waals surface area contributed by atoms with E-state index in [9.17, 15) is 14.9 Å². The Morgan fingerprint density at radius 3 is 2.36 bits per heavy atom. The Morgan fingerprint density at radius 2 is 1.77 bits per heavy atom. The number of nitro benzene ring substituents is 1. The van der Waals surface area contributed by atoms with Crippen LogP contribution in [-0.4, -0.2) is 17.3 Å². The molecule has 0 fully saturated rings. The lowest BCUT2D eigenvalue weighted by atomic mass is 9.97. The number of rotatable bonds is 5. The normalized spacial score (nSPS) is 10.3. The zero-order valence-electron chi connectivity index (χ0n) is 12.8. The van der Waals surface area contributed by atoms with Crippen LogP contribution in [0.2, 0.25) is 0 Å². The van der Waals surface area contributed by atoms with Gasteiger partial charge < -0.3 is 4.74 Å². The smallest absolute Gasteiger partial charge is 0.273 e. The van der Waals surface area contributed by atoms with Gasteiger partial charge in [-0.1, -0.05) is 23.8 Å². The van der Waals surface area contributed by atoms with Gasteiger partial charge in [-0.25, -0.2) is 0 Å². The molecule has 2 aromatic rings. The van der Waals surface area contributed by atoms with E-state index >= 15 is 0 Å². The maximum Gasteiger partial charge on any atom is 0.273 e. The van der Waals surface area contributed by atoms with Crippen LogP contribution in [0.15, 0.2) is 36.4 Å². The first kappa shape index (κ1) is 15.7. The molecule has 2 aromatic carbocycles. The van der Waals surface area contributed by atoms with Gasteiger partial charge in [0.1, 0.15) is 5.75 Å². The van der Waals surface area contributed by atoms with Crippen molar-refractivity contribution in [1.29, 1.82) is 0 Å². The van der Waals surface area contributed by atoms with Crippen LogP contribution in [0.3, 0.4) is 0 Å². The van der Waals surface area contributed by atoms with E-state index in [4.69, 9.17) is 4.74 Å². The molecule has 0 unspecified atom stereocenters. The average Bonchev–Trinajstić information content (AvgIpc) is 2.44. The fourth-order valence-corrected chi connectivity index (χ4v) is 2.53. The van der Waals surface area contributed by atoms with E-state index in [0.29, 0.717) is 11.3 Å². The highest BCUT2D eigenvalue weighted by atomic mass is 16.6. The summed E-state index contributed by atoms with van der Waals surface area (Å²) in [6.07, 6.45) is 0. The summed E-state index contributed by atoms with van der Waals surface area (Å²) in [5.74, 6) is 0.173. The second kappa shape index (κ2) is 6.39. The molecule has 5 heteroatoms. The molecular formula is C17H17NO4. The van der Waals surface area contributed by atoms with Crippen LogP contribution in [0.25, 0.3) is 0 Å². The van der Waals surface area contributed by atoms with Gasteiger partial charge in [-0.2, -0.15) is 0 Å². The first-order valence-electron chi connectivity index (χ1n) is 6.87. The molecule has 0 heterocycles. The lowest BCUT2D eigenvalue weighted by Gasteiger charge is -2.11. The van der Waals surface area contributed by atoms with Crippen molar-refractivity contribution in [2.75, 3.05) is 6.61 Å². The Balaban J connectivity index is 2.14. The molecule has 0 aromatic heterocycles. The third kappa shape index (κ3) is 3.49. The van der Waals surface area contributed by atoms with Crippen LogP contribution in [0.4, 0.5) is 5.69 Å². The van der Waals surface area contributed by atoms with Crippen LogP contribution in [-0.2, 0) is 0 Å². The molecule has 0 N–H and O–H groups in total. The van der Waals surface area contributed by atoms with E-state index in [0.717, 1.165) is 16.7 Å². The molecular weight excluding hydrogens is 282 g/mol. The Hall–Kier alpha value is -2.69. The molecule has 0 saturated heterocycles. The second-order valence-corrected chi connectivity index (χ2v) is 5.24. The van der Waals surface area contributed by atoms with E-state index in [1.807, 2.05) is 32.9 Å². The molecule has 0 spiro atoms. The predicted molar refractivity (Wildman–Crippen MR) is 83.6 cm³/mol. The summed E-state index contributed by atoms with van der Waals surface area (Å²) in [7, 11) is 0. The highest BCUT2D eigenvalue weighted by Crippen LogP contribution is 2.21. The first-order chi connectivity index (χ1) is 10.4. The molecule has 0 radical (unpaired) electrons. The number of nitrogens with zero attached hydrogens (tertiary/aromatic N) is 1. The third-order valence-corrected chi connectivity index (χ3v) is 3.35. The zero-order valence-corrected chi connectivity index (χ0v) is 12.8. The molecule has 0 aliphatic rings. The molecule has 22 heavy (non-hydrogen) atoms. The molecule has 0 aliphatic carbocycles. The number of non-ortho nitro benzene ring substituents is 1. The van der Waals surface area contributed by atoms with Gasteiger partial charge in [0.2, 0.25) is 5.78 Å². The van der Waals surface area contributed by atoms with Gasteiger partial charge in [0.15, 0.2) is 6.61 Å². The SMILES string of the molecule is Cc1cc(C)c(C(=O)COc2cccc([N+](=O)[O-])c2)c(C)c1. The first-order valence-corrected chi connectivity index (χ1v) is 6.87. The average molecular weight is 299 g/mol. The van der Waals surface area contributed by atoms with Crippen molar-refractivity contribution in [3.8, 4) is 5.75 Å². The summed E-state index contributed by atoms with van der Waals surface area (Å²) in [6, 6.07) is 9.71. The van der Waals surface area contributed by atoms with E-state index in [2.05, 4.69) is 0 Å². The molecule has 114 valence electrons. The largest absolute Gasteiger partial charge is 0.485 e. The van der Waals surface area contributed by atoms with Crippen molar-refractivity contribution in [2.24, 2.45) is 0 Å². The third-order valence-electron chi connectivity index (χ3n) is 3.35. The molecule has 2 rings (SSSR count). The Morgan fingerprint density at radius 1 is 1.14 bits per heavy atom. The van der Waals surface area contributed by atoms with Gasteiger partial charge >= 0.3 is 0 Å². The highest BCUT2D eigenvalue weighted by molar-refractivity contribution is 6.00. The number of hydrogen-bond acceptors (Lipinski definition) is 4. The van der Waals surface area contributed by atoms with Gasteiger partial charge in [0, 0.05) is 11.6 Å². The van der Waals surface area contributed by atoms with E-state index in [-0.39, 0.29) is 18.1 Å². The summed E-state index contributed by atoms with van der Waals surface area (Å²) in [6.45, 7) is 5.61. The fraction of sp³-hybridized carbons (Fsp3) is 0.235. The molecule has 0 saturated carbocycles. The topological polar surface area (TPSA) is 69.4 Å². The van der Waals surface area contributed by atoms with Gasteiger partial charge in [-0.05, 0) is 38.0 Å². The molecule has 0 amide bonds. The zero-order chi connectivity index (χ0) is 16.3. The predicted octanol–water partition coefficient (Wildman–Crippen LogP) is 3.78. The summed E-state index contributed by atoms with van der Waals surface area (Å²) < 4.78 is 5.40. The minimum absolute atomic E-state index is 0.0624. The lowest BCUT2D eigenvalue weighted by Crippen LogP contribution is -2.14. The standard InChI is InChI=1S/C17H17NO4/c1-11-7-12(2)17(13(3)8-11)16(19)10-22-15-6-4-5-14(9-15)18(20)21/h4-9H,10H2,1-3H3. The number of hydrogen-bond donors (Lipinski definition) is 0. The van der Waals surface area contributed by atoms with Crippen LogP contribution in [0.5, 0.6) is 5.75 Å². The van der Waals surface area contributed by atoms with Crippen molar-refractivity contribution < 1.29 is 14.5 Å². The number of carbonyl (C=O) groups is 1. The summed E-state index contributed by atoms with van der Waals surface area (Å²) in [4.78, 5) is 22.6. The van der Waals surface area contributed by atoms with Crippen LogP contribution >= 0.6 is 0 Å². The minimum Gasteiger partial charge on any atom is -0.485 e. The molecule has 0 aliphatic heterocycles. The minimum atomic E-state index is -0.497. The van der Waals surface area contributed by atoms with Crippen molar-refractivity contribution >= 4 is 11.5 Å². The van der Waals surface area contributed by atoms with Crippen LogP contribution < -0.4 is 4.74 Å². The summed E-state index contributed by atoms with van der Waals surface area (Å²) in [5, 5.41) is 10.7. The van der Waals surface area contributed by atoms with Gasteiger partial charge in [0.05, 0.1) is 11.0 Å². The summed E-state index contributed by atoms with van der Waals surface area (Å²) in [5.41, 5.74) is 3.50. The number of ether oxygens (including phenoxy) is 1. The maximum absolute atomic E-state index is 12.3. The fourth-order valence-electron chi connectivity index (χ4n) is 2.53. The Labute approximate surface area is 128 Å². The van der Waals surface area contributed by atoms with Crippen LogP contribution in [0, 0.1) is 30.9 Å². The Kier molecular flexibility index (Phi) is 4.56. The van der Waals surface area contributed by atoms with Crippen LogP contribution in [0.1, 0.15) is 27.0 Å². The number of nitro groups is 1. The number of carbonyl (C=O) groups excluding carboxylic acids is 1. The second-order valence-electron chi connectivity index (χ2n) is 5.24. The van der Waals surface area contributed by atoms with Crippen molar-refractivity contribution in [1.82, 2.24) is 0 Å². The van der Waals surface area contributed by atoms with Gasteiger partial charge in [-0.15, -0.1) is 0 Å². The van der Waals surface area contributed by atoms with Gasteiger partial charge in [-0.3, -0.25) is 14.9 Å². The lowest BCUT2D eigenvalue weighted by molar-refractivity contribution is -0.384. The number of ketones is 1. The van der Waals surface area contributed by atoms with Crippen molar-refractivity contribution in [2.45, 2.75) is 20.8 Å².